The molecule has 134 valence electrons. The summed E-state index contributed by atoms with van der Waals surface area (Å²) >= 11 is 1.93. The van der Waals surface area contributed by atoms with E-state index in [1.807, 2.05) is 43.0 Å². The number of thioether (sulfide) groups is 1. The molecule has 0 saturated carbocycles. The molecule has 2 nitrogen and oxygen atoms in total. The molecule has 3 heteroatoms. The fraction of sp³-hybridized carbons (Fsp3) is 0.348. The van der Waals surface area contributed by atoms with Gasteiger partial charge in [-0.25, -0.2) is 0 Å². The number of benzene rings is 2. The fourth-order valence-corrected chi connectivity index (χ4v) is 4.58. The summed E-state index contributed by atoms with van der Waals surface area (Å²) in [5.41, 5.74) is 4.49. The van der Waals surface area contributed by atoms with Gasteiger partial charge in [-0.3, -0.25) is 4.79 Å². The van der Waals surface area contributed by atoms with Crippen LogP contribution in [0.1, 0.15) is 49.4 Å². The van der Waals surface area contributed by atoms with Gasteiger partial charge in [0.25, 0.3) is 0 Å². The van der Waals surface area contributed by atoms with Gasteiger partial charge in [-0.1, -0.05) is 37.8 Å². The predicted octanol–water partition coefficient (Wildman–Crippen LogP) is 4.97. The molecular formula is C23H24O2S. The summed E-state index contributed by atoms with van der Waals surface area (Å²) in [6.45, 7) is 6.84. The average Bonchev–Trinajstić information content (AvgIpc) is 2.60. The van der Waals surface area contributed by atoms with Gasteiger partial charge in [0.05, 0.1) is 13.0 Å². The normalized spacial score (nSPS) is 14.7. The Hall–Kier alpha value is -2.18. The standard InChI is InChI=1S/C23H24O2S/c1-4-25-22(24)16-19-7-5-6-17(14-19)8-9-18-10-11-21-20(15-18)23(2,3)12-13-26-21/h5-7,10-11,14-15H,4,12-13,16H2,1-3H3. The lowest BCUT2D eigenvalue weighted by molar-refractivity contribution is -0.142. The maximum atomic E-state index is 11.6. The molecule has 0 spiro atoms. The molecule has 1 heterocycles. The van der Waals surface area contributed by atoms with Crippen molar-refractivity contribution in [2.24, 2.45) is 0 Å². The van der Waals surface area contributed by atoms with E-state index in [1.54, 1.807) is 0 Å². The molecule has 0 bridgehead atoms. The first-order chi connectivity index (χ1) is 12.5. The molecule has 2 aromatic carbocycles. The number of esters is 1. The zero-order chi connectivity index (χ0) is 18.6. The lowest BCUT2D eigenvalue weighted by Crippen LogP contribution is -2.22. The van der Waals surface area contributed by atoms with Gasteiger partial charge in [-0.05, 0) is 66.0 Å². The van der Waals surface area contributed by atoms with Crippen LogP contribution in [-0.4, -0.2) is 18.3 Å². The van der Waals surface area contributed by atoms with Gasteiger partial charge >= 0.3 is 5.97 Å². The van der Waals surface area contributed by atoms with Crippen LogP contribution in [0.2, 0.25) is 0 Å². The lowest BCUT2D eigenvalue weighted by Gasteiger charge is -2.32. The Bertz CT molecular complexity index is 871. The molecule has 0 aliphatic carbocycles. The van der Waals surface area contributed by atoms with Crippen LogP contribution in [0.15, 0.2) is 47.4 Å². The van der Waals surface area contributed by atoms with Gasteiger partial charge in [0.1, 0.15) is 0 Å². The first kappa shape index (κ1) is 18.6. The average molecular weight is 365 g/mol. The largest absolute Gasteiger partial charge is 0.466 e. The zero-order valence-electron chi connectivity index (χ0n) is 15.6. The molecule has 0 saturated heterocycles. The van der Waals surface area contributed by atoms with Crippen LogP contribution in [-0.2, 0) is 21.4 Å². The van der Waals surface area contributed by atoms with Crippen molar-refractivity contribution in [3.63, 3.8) is 0 Å². The van der Waals surface area contributed by atoms with Crippen LogP contribution in [0.3, 0.4) is 0 Å². The monoisotopic (exact) mass is 364 g/mol. The Morgan fingerprint density at radius 2 is 1.92 bits per heavy atom. The topological polar surface area (TPSA) is 26.3 Å². The summed E-state index contributed by atoms with van der Waals surface area (Å²) in [4.78, 5) is 13.0. The van der Waals surface area contributed by atoms with Crippen molar-refractivity contribution in [1.29, 1.82) is 0 Å². The minimum absolute atomic E-state index is 0.202. The Labute approximate surface area is 160 Å². The second-order valence-corrected chi connectivity index (χ2v) is 8.26. The van der Waals surface area contributed by atoms with Crippen LogP contribution < -0.4 is 0 Å². The number of carbonyl (C=O) groups is 1. The Kier molecular flexibility index (Phi) is 5.74. The third-order valence-corrected chi connectivity index (χ3v) is 5.70. The number of rotatable bonds is 3. The van der Waals surface area contributed by atoms with E-state index >= 15 is 0 Å². The molecule has 26 heavy (non-hydrogen) atoms. The van der Waals surface area contributed by atoms with Gasteiger partial charge < -0.3 is 4.74 Å². The summed E-state index contributed by atoms with van der Waals surface area (Å²) in [6.07, 6.45) is 1.48. The third kappa shape index (κ3) is 4.51. The number of carbonyl (C=O) groups excluding carboxylic acids is 1. The molecule has 0 radical (unpaired) electrons. The molecule has 0 unspecified atom stereocenters. The quantitative estimate of drug-likeness (QED) is 0.568. The van der Waals surface area contributed by atoms with Gasteiger partial charge in [-0.2, -0.15) is 0 Å². The first-order valence-corrected chi connectivity index (χ1v) is 10.0. The van der Waals surface area contributed by atoms with Crippen LogP contribution in [0, 0.1) is 11.8 Å². The minimum Gasteiger partial charge on any atom is -0.466 e. The van der Waals surface area contributed by atoms with E-state index in [2.05, 4.69) is 43.9 Å². The van der Waals surface area contributed by atoms with Crippen LogP contribution >= 0.6 is 11.8 Å². The summed E-state index contributed by atoms with van der Waals surface area (Å²) in [5.74, 6) is 7.49. The van der Waals surface area contributed by atoms with Crippen molar-refractivity contribution >= 4 is 17.7 Å². The van der Waals surface area contributed by atoms with Crippen molar-refractivity contribution in [3.05, 3.63) is 64.7 Å². The predicted molar refractivity (Wildman–Crippen MR) is 108 cm³/mol. The summed E-state index contributed by atoms with van der Waals surface area (Å²) in [7, 11) is 0. The highest BCUT2D eigenvalue weighted by atomic mass is 32.2. The molecule has 1 aliphatic heterocycles. The van der Waals surface area contributed by atoms with Gasteiger partial charge in [0.2, 0.25) is 0 Å². The molecule has 1 aliphatic rings. The smallest absolute Gasteiger partial charge is 0.310 e. The number of hydrogen-bond donors (Lipinski definition) is 0. The van der Waals surface area contributed by atoms with E-state index in [1.165, 1.54) is 22.6 Å². The maximum absolute atomic E-state index is 11.6. The molecule has 0 aromatic heterocycles. The molecular weight excluding hydrogens is 340 g/mol. The maximum Gasteiger partial charge on any atom is 0.310 e. The minimum atomic E-state index is -0.202. The van der Waals surface area contributed by atoms with E-state index in [9.17, 15) is 4.79 Å². The summed E-state index contributed by atoms with van der Waals surface area (Å²) in [5, 5.41) is 0. The first-order valence-electron chi connectivity index (χ1n) is 9.02. The second-order valence-electron chi connectivity index (χ2n) is 7.13. The van der Waals surface area contributed by atoms with Crippen molar-refractivity contribution in [2.75, 3.05) is 12.4 Å². The summed E-state index contributed by atoms with van der Waals surface area (Å²) in [6, 6.07) is 14.3. The molecule has 0 atom stereocenters. The van der Waals surface area contributed by atoms with Crippen molar-refractivity contribution in [1.82, 2.24) is 0 Å². The van der Waals surface area contributed by atoms with Crippen LogP contribution in [0.25, 0.3) is 0 Å². The van der Waals surface area contributed by atoms with Gasteiger partial charge in [-0.15, -0.1) is 11.8 Å². The Balaban J connectivity index is 1.81. The number of ether oxygens (including phenoxy) is 1. The van der Waals surface area contributed by atoms with E-state index in [-0.39, 0.29) is 17.8 Å². The fourth-order valence-electron chi connectivity index (χ4n) is 3.10. The SMILES string of the molecule is CCOC(=O)Cc1cccc(C#Cc2ccc3c(c2)C(C)(C)CCS3)c1. The second kappa shape index (κ2) is 8.01. The van der Waals surface area contributed by atoms with Crippen molar-refractivity contribution in [2.45, 2.75) is 43.9 Å². The Morgan fingerprint density at radius 3 is 2.69 bits per heavy atom. The zero-order valence-corrected chi connectivity index (χ0v) is 16.4. The van der Waals surface area contributed by atoms with E-state index < -0.39 is 0 Å². The summed E-state index contributed by atoms with van der Waals surface area (Å²) < 4.78 is 5.01. The van der Waals surface area contributed by atoms with Crippen molar-refractivity contribution in [3.8, 4) is 11.8 Å². The van der Waals surface area contributed by atoms with Crippen LogP contribution in [0.4, 0.5) is 0 Å². The highest BCUT2D eigenvalue weighted by Gasteiger charge is 2.27. The molecule has 0 amide bonds. The van der Waals surface area contributed by atoms with Crippen molar-refractivity contribution < 1.29 is 9.53 Å². The lowest BCUT2D eigenvalue weighted by atomic mass is 9.81. The molecule has 0 fully saturated rings. The van der Waals surface area contributed by atoms with Gasteiger partial charge in [0.15, 0.2) is 0 Å². The van der Waals surface area contributed by atoms with Crippen LogP contribution in [0.5, 0.6) is 0 Å². The van der Waals surface area contributed by atoms with E-state index in [0.29, 0.717) is 6.61 Å². The van der Waals surface area contributed by atoms with E-state index in [4.69, 9.17) is 4.74 Å². The Morgan fingerprint density at radius 1 is 1.15 bits per heavy atom. The van der Waals surface area contributed by atoms with Gasteiger partial charge in [0, 0.05) is 16.0 Å². The third-order valence-electron chi connectivity index (χ3n) is 4.63. The van der Waals surface area contributed by atoms with E-state index in [0.717, 1.165) is 16.7 Å². The number of hydrogen-bond acceptors (Lipinski definition) is 3. The highest BCUT2D eigenvalue weighted by Crippen LogP contribution is 2.41. The highest BCUT2D eigenvalue weighted by molar-refractivity contribution is 7.99. The molecule has 0 N–H and O–H groups in total. The number of fused-ring (bicyclic) bond motifs is 1. The molecule has 2 aromatic rings. The molecule has 3 rings (SSSR count).